The third-order valence-electron chi connectivity index (χ3n) is 4.91. The molecule has 4 nitrogen and oxygen atoms in total. The van der Waals surface area contributed by atoms with Gasteiger partial charge < -0.3 is 0 Å². The molecule has 2 aliphatic rings. The Morgan fingerprint density at radius 2 is 1.74 bits per heavy atom. The topological polar surface area (TPSA) is 49.4 Å². The van der Waals surface area contributed by atoms with Crippen LogP contribution < -0.4 is 4.72 Å². The maximum atomic E-state index is 12.4. The molecule has 0 aromatic heterocycles. The highest BCUT2D eigenvalue weighted by molar-refractivity contribution is 7.89. The molecule has 0 saturated carbocycles. The van der Waals surface area contributed by atoms with Crippen molar-refractivity contribution in [2.75, 3.05) is 19.6 Å². The van der Waals surface area contributed by atoms with Gasteiger partial charge in [-0.3, -0.25) is 4.90 Å². The van der Waals surface area contributed by atoms with E-state index in [0.29, 0.717) is 17.4 Å². The monoisotopic (exact) mass is 328 g/mol. The van der Waals surface area contributed by atoms with Crippen molar-refractivity contribution in [2.45, 2.75) is 17.4 Å². The van der Waals surface area contributed by atoms with Crippen LogP contribution in [0.25, 0.3) is 0 Å². The van der Waals surface area contributed by atoms with Gasteiger partial charge in [-0.2, -0.15) is 0 Å². The van der Waals surface area contributed by atoms with E-state index in [1.165, 1.54) is 5.56 Å². The highest BCUT2D eigenvalue weighted by Crippen LogP contribution is 2.38. The number of nitrogens with zero attached hydrogens (tertiary/aromatic N) is 1. The minimum Gasteiger partial charge on any atom is -0.298 e. The van der Waals surface area contributed by atoms with Gasteiger partial charge in [0.05, 0.1) is 4.90 Å². The van der Waals surface area contributed by atoms with Gasteiger partial charge in [0.2, 0.25) is 10.0 Å². The summed E-state index contributed by atoms with van der Waals surface area (Å²) in [5.41, 5.74) is 2.27. The van der Waals surface area contributed by atoms with E-state index in [0.717, 1.165) is 25.2 Å². The Bertz CT molecular complexity index is 805. The molecule has 1 saturated heterocycles. The molecule has 23 heavy (non-hydrogen) atoms. The summed E-state index contributed by atoms with van der Waals surface area (Å²) in [7, 11) is -3.37. The van der Waals surface area contributed by atoms with Crippen LogP contribution in [0.5, 0.6) is 0 Å². The molecule has 0 amide bonds. The van der Waals surface area contributed by atoms with E-state index in [-0.39, 0.29) is 5.92 Å². The minimum atomic E-state index is -3.37. The minimum absolute atomic E-state index is 0.277. The van der Waals surface area contributed by atoms with E-state index in [9.17, 15) is 8.42 Å². The van der Waals surface area contributed by atoms with Gasteiger partial charge in [0, 0.05) is 32.1 Å². The summed E-state index contributed by atoms with van der Waals surface area (Å²) in [6.45, 7) is 3.28. The third-order valence-corrected chi connectivity index (χ3v) is 6.41. The van der Waals surface area contributed by atoms with Gasteiger partial charge in [-0.05, 0) is 23.1 Å². The van der Waals surface area contributed by atoms with Gasteiger partial charge >= 0.3 is 0 Å². The largest absolute Gasteiger partial charge is 0.298 e. The summed E-state index contributed by atoms with van der Waals surface area (Å²) in [4.78, 5) is 2.88. The quantitative estimate of drug-likeness (QED) is 0.919. The predicted molar refractivity (Wildman–Crippen MR) is 89.6 cm³/mol. The Kier molecular flexibility index (Phi) is 3.71. The fraction of sp³-hybridized carbons (Fsp3) is 0.333. The molecule has 0 radical (unpaired) electrons. The van der Waals surface area contributed by atoms with Crippen LogP contribution in [0.4, 0.5) is 0 Å². The lowest BCUT2D eigenvalue weighted by Crippen LogP contribution is -2.29. The molecule has 1 fully saturated rings. The summed E-state index contributed by atoms with van der Waals surface area (Å²) in [6, 6.07) is 17.9. The van der Waals surface area contributed by atoms with E-state index in [4.69, 9.17) is 0 Å². The molecule has 0 bridgehead atoms. The summed E-state index contributed by atoms with van der Waals surface area (Å²) in [5, 5.41) is 0. The fourth-order valence-electron chi connectivity index (χ4n) is 3.82. The van der Waals surface area contributed by atoms with Crippen molar-refractivity contribution in [3.63, 3.8) is 0 Å². The van der Waals surface area contributed by atoms with Crippen LogP contribution in [0, 0.1) is 5.92 Å². The van der Waals surface area contributed by atoms with Gasteiger partial charge in [0.1, 0.15) is 0 Å². The number of sulfonamides is 1. The van der Waals surface area contributed by atoms with Gasteiger partial charge in [0.15, 0.2) is 0 Å². The number of hydrogen-bond acceptors (Lipinski definition) is 3. The normalized spacial score (nSPS) is 26.3. The van der Waals surface area contributed by atoms with Crippen LogP contribution in [0.15, 0.2) is 59.5 Å². The number of nitrogens with one attached hydrogen (secondary N) is 1. The molecule has 2 aromatic carbocycles. The Morgan fingerprint density at radius 1 is 1.00 bits per heavy atom. The van der Waals surface area contributed by atoms with Crippen LogP contribution in [0.3, 0.4) is 0 Å². The van der Waals surface area contributed by atoms with Gasteiger partial charge in [0.25, 0.3) is 0 Å². The van der Waals surface area contributed by atoms with Gasteiger partial charge in [-0.1, -0.05) is 48.5 Å². The smallest absolute Gasteiger partial charge is 0.240 e. The first-order valence-electron chi connectivity index (χ1n) is 7.98. The second kappa shape index (κ2) is 5.74. The molecular weight excluding hydrogens is 308 g/mol. The Balaban J connectivity index is 1.63. The summed E-state index contributed by atoms with van der Waals surface area (Å²) >= 11 is 0. The maximum Gasteiger partial charge on any atom is 0.240 e. The fourth-order valence-corrected chi connectivity index (χ4v) is 5.19. The van der Waals surface area contributed by atoms with Crippen LogP contribution in [0.1, 0.15) is 17.0 Å². The molecule has 2 aromatic rings. The van der Waals surface area contributed by atoms with Crippen molar-refractivity contribution < 1.29 is 8.42 Å². The molecule has 5 heteroatoms. The lowest BCUT2D eigenvalue weighted by Gasteiger charge is -2.17. The van der Waals surface area contributed by atoms with Crippen LogP contribution in [0.2, 0.25) is 0 Å². The predicted octanol–water partition coefficient (Wildman–Crippen LogP) is 2.19. The van der Waals surface area contributed by atoms with Crippen molar-refractivity contribution >= 4 is 10.0 Å². The average Bonchev–Trinajstić information content (AvgIpc) is 2.92. The molecule has 2 atom stereocenters. The zero-order valence-corrected chi connectivity index (χ0v) is 13.7. The van der Waals surface area contributed by atoms with Gasteiger partial charge in [-0.25, -0.2) is 13.1 Å². The molecule has 2 heterocycles. The number of hydrogen-bond donors (Lipinski definition) is 1. The Morgan fingerprint density at radius 3 is 2.57 bits per heavy atom. The molecule has 120 valence electrons. The van der Waals surface area contributed by atoms with E-state index in [1.807, 2.05) is 18.2 Å². The van der Waals surface area contributed by atoms with E-state index >= 15 is 0 Å². The standard InChI is InChI=1S/C18H20N2O2S/c21-23(22)18-9-5-4-8-16(18)17-13-20(12-15(17)10-19-23)11-14-6-2-1-3-7-14/h1-9,15,17,19H,10-13H2/t15-,17-/m0/s1. The molecule has 0 aliphatic carbocycles. The molecule has 2 aliphatic heterocycles. The summed E-state index contributed by atoms with van der Waals surface area (Å²) in [6.07, 6.45) is 0. The van der Waals surface area contributed by atoms with Crippen molar-refractivity contribution in [1.29, 1.82) is 0 Å². The molecular formula is C18H20N2O2S. The lowest BCUT2D eigenvalue weighted by atomic mass is 9.89. The van der Waals surface area contributed by atoms with Gasteiger partial charge in [-0.15, -0.1) is 0 Å². The van der Waals surface area contributed by atoms with Crippen molar-refractivity contribution in [3.05, 3.63) is 65.7 Å². The number of likely N-dealkylation sites (tertiary alicyclic amines) is 1. The second-order valence-corrected chi connectivity index (χ2v) is 8.17. The summed E-state index contributed by atoms with van der Waals surface area (Å²) in [5.74, 6) is 0.608. The lowest BCUT2D eigenvalue weighted by molar-refractivity contribution is 0.315. The second-order valence-electron chi connectivity index (χ2n) is 6.44. The van der Waals surface area contributed by atoms with E-state index in [1.54, 1.807) is 12.1 Å². The Hall–Kier alpha value is -1.69. The van der Waals surface area contributed by atoms with Crippen molar-refractivity contribution in [1.82, 2.24) is 9.62 Å². The van der Waals surface area contributed by atoms with E-state index < -0.39 is 10.0 Å². The molecule has 0 spiro atoms. The zero-order chi connectivity index (χ0) is 15.9. The van der Waals surface area contributed by atoms with Crippen LogP contribution in [-0.4, -0.2) is 33.0 Å². The van der Waals surface area contributed by atoms with Crippen LogP contribution in [-0.2, 0) is 16.6 Å². The first-order chi connectivity index (χ1) is 11.1. The number of benzene rings is 2. The highest BCUT2D eigenvalue weighted by Gasteiger charge is 2.39. The molecule has 1 N–H and O–H groups in total. The average molecular weight is 328 g/mol. The third kappa shape index (κ3) is 2.80. The van der Waals surface area contributed by atoms with E-state index in [2.05, 4.69) is 33.9 Å². The first kappa shape index (κ1) is 14.9. The molecule has 0 unspecified atom stereocenters. The summed E-state index contributed by atoms with van der Waals surface area (Å²) < 4.78 is 27.5. The maximum absolute atomic E-state index is 12.4. The SMILES string of the molecule is O=S1(=O)NC[C@H]2CN(Cc3ccccc3)C[C@@H]2c2ccccc21. The molecule has 4 rings (SSSR count). The first-order valence-corrected chi connectivity index (χ1v) is 9.47. The highest BCUT2D eigenvalue weighted by atomic mass is 32.2. The van der Waals surface area contributed by atoms with Crippen LogP contribution >= 0.6 is 0 Å². The number of fused-ring (bicyclic) bond motifs is 3. The van der Waals surface area contributed by atoms with Crippen molar-refractivity contribution in [2.24, 2.45) is 5.92 Å². The number of rotatable bonds is 2. The zero-order valence-electron chi connectivity index (χ0n) is 12.9. The Labute approximate surface area is 137 Å². The van der Waals surface area contributed by atoms with Crippen molar-refractivity contribution in [3.8, 4) is 0 Å².